The van der Waals surface area contributed by atoms with Crippen LogP contribution in [0.15, 0.2) is 0 Å². The van der Waals surface area contributed by atoms with Gasteiger partial charge in [-0.3, -0.25) is 0 Å². The van der Waals surface area contributed by atoms with Crippen LogP contribution in [0, 0.1) is 11.8 Å². The zero-order valence-corrected chi connectivity index (χ0v) is 10.1. The van der Waals surface area contributed by atoms with E-state index in [1.165, 1.54) is 6.42 Å². The molecule has 0 N–H and O–H groups in total. The van der Waals surface area contributed by atoms with Crippen LogP contribution in [0.2, 0.25) is 0 Å². The summed E-state index contributed by atoms with van der Waals surface area (Å²) < 4.78 is 23.4. The molecule has 1 fully saturated rings. The number of rotatable bonds is 5. The quantitative estimate of drug-likeness (QED) is 0.679. The molecular weight excluding hydrogens is 212 g/mol. The maximum absolute atomic E-state index is 11.7. The highest BCUT2D eigenvalue weighted by Crippen LogP contribution is 2.25. The number of carbonyl (C=O) groups excluding carboxylic acids is 1. The zero-order valence-electron chi connectivity index (χ0n) is 9.31. The molecule has 0 aromatic heterocycles. The lowest BCUT2D eigenvalue weighted by molar-refractivity contribution is -0.110. The van der Waals surface area contributed by atoms with Gasteiger partial charge in [0.25, 0.3) is 0 Å². The smallest absolute Gasteiger partial charge is 0.151 e. The van der Waals surface area contributed by atoms with Gasteiger partial charge in [0.05, 0.1) is 11.5 Å². The van der Waals surface area contributed by atoms with Crippen LogP contribution in [0.3, 0.4) is 0 Å². The molecule has 1 aliphatic rings. The normalized spacial score (nSPS) is 21.1. The lowest BCUT2D eigenvalue weighted by Crippen LogP contribution is -2.24. The minimum Gasteiger partial charge on any atom is -0.303 e. The van der Waals surface area contributed by atoms with Crippen LogP contribution in [-0.2, 0) is 14.6 Å². The summed E-state index contributed by atoms with van der Waals surface area (Å²) in [5, 5.41) is 0. The molecule has 0 aromatic carbocycles. The fraction of sp³-hybridized carbons (Fsp3) is 0.909. The van der Waals surface area contributed by atoms with Crippen molar-refractivity contribution in [3.05, 3.63) is 0 Å². The van der Waals surface area contributed by atoms with Crippen LogP contribution < -0.4 is 0 Å². The summed E-state index contributed by atoms with van der Waals surface area (Å²) >= 11 is 0. The third-order valence-electron chi connectivity index (χ3n) is 2.96. The molecular formula is C11H20O3S. The molecule has 0 amide bonds. The second kappa shape index (κ2) is 5.64. The Kier molecular flexibility index (Phi) is 4.77. The van der Waals surface area contributed by atoms with Crippen LogP contribution in [0.25, 0.3) is 0 Å². The topological polar surface area (TPSA) is 51.2 Å². The van der Waals surface area contributed by atoms with Gasteiger partial charge in [0.15, 0.2) is 9.84 Å². The first kappa shape index (κ1) is 12.7. The average molecular weight is 232 g/mol. The third kappa shape index (κ3) is 4.78. The first-order chi connectivity index (χ1) is 7.03. The largest absolute Gasteiger partial charge is 0.303 e. The molecule has 0 unspecified atom stereocenters. The molecule has 88 valence electrons. The summed E-state index contributed by atoms with van der Waals surface area (Å²) in [6.07, 6.45) is 6.34. The van der Waals surface area contributed by atoms with Crippen molar-refractivity contribution in [3.8, 4) is 0 Å². The van der Waals surface area contributed by atoms with Crippen molar-refractivity contribution < 1.29 is 13.2 Å². The highest BCUT2D eigenvalue weighted by molar-refractivity contribution is 7.91. The van der Waals surface area contributed by atoms with Gasteiger partial charge in [-0.05, 0) is 18.8 Å². The molecule has 0 heterocycles. The Morgan fingerprint density at radius 1 is 1.27 bits per heavy atom. The number of carbonyl (C=O) groups is 1. The van der Waals surface area contributed by atoms with E-state index in [9.17, 15) is 13.2 Å². The van der Waals surface area contributed by atoms with Gasteiger partial charge in [0.1, 0.15) is 6.29 Å². The summed E-state index contributed by atoms with van der Waals surface area (Å²) in [6, 6.07) is 0. The van der Waals surface area contributed by atoms with Crippen LogP contribution >= 0.6 is 0 Å². The molecule has 0 aliphatic heterocycles. The minimum atomic E-state index is -3.02. The van der Waals surface area contributed by atoms with Crippen molar-refractivity contribution in [2.75, 3.05) is 11.5 Å². The van der Waals surface area contributed by atoms with Crippen molar-refractivity contribution >= 4 is 16.1 Å². The summed E-state index contributed by atoms with van der Waals surface area (Å²) in [4.78, 5) is 10.4. The summed E-state index contributed by atoms with van der Waals surface area (Å²) in [5.74, 6) is 0.277. The van der Waals surface area contributed by atoms with E-state index in [1.807, 2.05) is 0 Å². The number of sulfone groups is 1. The summed E-state index contributed by atoms with van der Waals surface area (Å²) in [6.45, 7) is 1.66. The first-order valence-corrected chi connectivity index (χ1v) is 7.51. The van der Waals surface area contributed by atoms with Crippen molar-refractivity contribution in [3.63, 3.8) is 0 Å². The third-order valence-corrected chi connectivity index (χ3v) is 4.98. The molecule has 1 atom stereocenters. The van der Waals surface area contributed by atoms with Gasteiger partial charge in [0.2, 0.25) is 0 Å². The number of aldehydes is 1. The predicted octanol–water partition coefficient (Wildman–Crippen LogP) is 1.82. The molecule has 0 aromatic rings. The van der Waals surface area contributed by atoms with Gasteiger partial charge >= 0.3 is 0 Å². The first-order valence-electron chi connectivity index (χ1n) is 5.69. The number of hydrogen-bond acceptors (Lipinski definition) is 3. The standard InChI is InChI=1S/C11H20O3S/c1-10(7-12)8-15(13,14)9-11-5-3-2-4-6-11/h7,10-11H,2-6,8-9H2,1H3/t10-/m1/s1. The Morgan fingerprint density at radius 3 is 2.40 bits per heavy atom. The molecule has 0 radical (unpaired) electrons. The van der Waals surface area contributed by atoms with Crippen LogP contribution in [0.1, 0.15) is 39.0 Å². The van der Waals surface area contributed by atoms with Gasteiger partial charge in [-0.15, -0.1) is 0 Å². The molecule has 3 nitrogen and oxygen atoms in total. The van der Waals surface area contributed by atoms with E-state index in [-0.39, 0.29) is 17.4 Å². The van der Waals surface area contributed by atoms with E-state index in [1.54, 1.807) is 6.92 Å². The van der Waals surface area contributed by atoms with Crippen molar-refractivity contribution in [1.29, 1.82) is 0 Å². The van der Waals surface area contributed by atoms with E-state index in [0.29, 0.717) is 5.92 Å². The van der Waals surface area contributed by atoms with Gasteiger partial charge in [-0.2, -0.15) is 0 Å². The maximum atomic E-state index is 11.7. The molecule has 1 rings (SSSR count). The predicted molar refractivity (Wildman–Crippen MR) is 60.5 cm³/mol. The Hall–Kier alpha value is -0.380. The molecule has 15 heavy (non-hydrogen) atoms. The molecule has 0 bridgehead atoms. The molecule has 4 heteroatoms. The second-order valence-electron chi connectivity index (χ2n) is 4.69. The van der Waals surface area contributed by atoms with E-state index < -0.39 is 9.84 Å². The van der Waals surface area contributed by atoms with Crippen LogP contribution in [0.4, 0.5) is 0 Å². The van der Waals surface area contributed by atoms with Crippen LogP contribution in [0.5, 0.6) is 0 Å². The molecule has 0 saturated heterocycles. The fourth-order valence-corrected chi connectivity index (χ4v) is 4.29. The van der Waals surface area contributed by atoms with Crippen molar-refractivity contribution in [1.82, 2.24) is 0 Å². The Balaban J connectivity index is 2.44. The zero-order chi connectivity index (χ0) is 11.3. The van der Waals surface area contributed by atoms with Gasteiger partial charge in [-0.1, -0.05) is 26.2 Å². The van der Waals surface area contributed by atoms with Crippen molar-refractivity contribution in [2.24, 2.45) is 11.8 Å². The highest BCUT2D eigenvalue weighted by atomic mass is 32.2. The Bertz CT molecular complexity index is 289. The minimum absolute atomic E-state index is 0.0208. The Morgan fingerprint density at radius 2 is 1.87 bits per heavy atom. The summed E-state index contributed by atoms with van der Waals surface area (Å²) in [5.41, 5.74) is 0. The second-order valence-corrected chi connectivity index (χ2v) is 6.85. The van der Waals surface area contributed by atoms with Crippen molar-refractivity contribution in [2.45, 2.75) is 39.0 Å². The van der Waals surface area contributed by atoms with Gasteiger partial charge in [0, 0.05) is 5.92 Å². The Labute approximate surface area is 92.2 Å². The maximum Gasteiger partial charge on any atom is 0.151 e. The van der Waals surface area contributed by atoms with Gasteiger partial charge < -0.3 is 4.79 Å². The monoisotopic (exact) mass is 232 g/mol. The molecule has 1 aliphatic carbocycles. The van der Waals surface area contributed by atoms with Crippen LogP contribution in [-0.4, -0.2) is 26.2 Å². The fourth-order valence-electron chi connectivity index (χ4n) is 2.22. The van der Waals surface area contributed by atoms with E-state index in [0.717, 1.165) is 32.0 Å². The SMILES string of the molecule is C[C@H](C=O)CS(=O)(=O)CC1CCCCC1. The summed E-state index contributed by atoms with van der Waals surface area (Å²) in [7, 11) is -3.02. The highest BCUT2D eigenvalue weighted by Gasteiger charge is 2.22. The number of hydrogen-bond donors (Lipinski definition) is 0. The lowest BCUT2D eigenvalue weighted by atomic mass is 9.91. The molecule has 0 spiro atoms. The van der Waals surface area contributed by atoms with E-state index >= 15 is 0 Å². The lowest BCUT2D eigenvalue weighted by Gasteiger charge is -2.21. The van der Waals surface area contributed by atoms with E-state index in [4.69, 9.17) is 0 Å². The molecule has 1 saturated carbocycles. The van der Waals surface area contributed by atoms with E-state index in [2.05, 4.69) is 0 Å². The average Bonchev–Trinajstić information content (AvgIpc) is 2.17. The van der Waals surface area contributed by atoms with Gasteiger partial charge in [-0.25, -0.2) is 8.42 Å².